The molecule has 0 aliphatic rings. The number of phenols is 1. The molecule has 18 heavy (non-hydrogen) atoms. The van der Waals surface area contributed by atoms with Crippen LogP contribution < -0.4 is 0 Å². The Kier molecular flexibility index (Phi) is 4.92. The first-order valence-electron chi connectivity index (χ1n) is 5.42. The fraction of sp³-hybridized carbons (Fsp3) is 0.231. The van der Waals surface area contributed by atoms with Crippen LogP contribution in [0.5, 0.6) is 5.75 Å². The highest BCUT2D eigenvalue weighted by molar-refractivity contribution is 5.83. The van der Waals surface area contributed by atoms with E-state index in [9.17, 15) is 14.7 Å². The Bertz CT molecular complexity index is 456. The van der Waals surface area contributed by atoms with E-state index in [0.29, 0.717) is 5.56 Å². The van der Waals surface area contributed by atoms with Crippen LogP contribution in [0.3, 0.4) is 0 Å². The molecule has 0 saturated heterocycles. The maximum atomic E-state index is 11.9. The van der Waals surface area contributed by atoms with E-state index >= 15 is 0 Å². The first-order chi connectivity index (χ1) is 8.54. The van der Waals surface area contributed by atoms with E-state index in [1.165, 1.54) is 17.0 Å². The first kappa shape index (κ1) is 13.8. The van der Waals surface area contributed by atoms with Gasteiger partial charge in [-0.3, -0.25) is 9.59 Å². The molecule has 0 heterocycles. The normalized spacial score (nSPS) is 9.78. The van der Waals surface area contributed by atoms with Crippen molar-refractivity contribution in [1.82, 2.24) is 4.90 Å². The zero-order valence-corrected chi connectivity index (χ0v) is 9.87. The fourth-order valence-corrected chi connectivity index (χ4v) is 1.51. The van der Waals surface area contributed by atoms with E-state index in [1.807, 2.05) is 0 Å². The minimum absolute atomic E-state index is 0.0275. The van der Waals surface area contributed by atoms with Gasteiger partial charge in [0, 0.05) is 12.1 Å². The summed E-state index contributed by atoms with van der Waals surface area (Å²) in [6.45, 7) is 3.27. The van der Waals surface area contributed by atoms with Crippen molar-refractivity contribution in [2.24, 2.45) is 0 Å². The average molecular weight is 249 g/mol. The number of aromatic hydroxyl groups is 1. The van der Waals surface area contributed by atoms with E-state index in [1.54, 1.807) is 18.2 Å². The number of amides is 1. The van der Waals surface area contributed by atoms with Gasteiger partial charge in [-0.25, -0.2) is 0 Å². The maximum Gasteiger partial charge on any atom is 0.323 e. The molecular weight excluding hydrogens is 234 g/mol. The lowest BCUT2D eigenvalue weighted by Crippen LogP contribution is -2.36. The molecule has 0 unspecified atom stereocenters. The van der Waals surface area contributed by atoms with Gasteiger partial charge >= 0.3 is 5.97 Å². The van der Waals surface area contributed by atoms with Crippen molar-refractivity contribution < 1.29 is 19.8 Å². The molecule has 0 aliphatic carbocycles. The van der Waals surface area contributed by atoms with Crippen molar-refractivity contribution in [2.45, 2.75) is 6.42 Å². The summed E-state index contributed by atoms with van der Waals surface area (Å²) in [7, 11) is 0. The molecule has 0 radical (unpaired) electrons. The highest BCUT2D eigenvalue weighted by Crippen LogP contribution is 2.16. The van der Waals surface area contributed by atoms with Crippen LogP contribution in [0.15, 0.2) is 36.9 Å². The van der Waals surface area contributed by atoms with E-state index in [2.05, 4.69) is 6.58 Å². The van der Waals surface area contributed by atoms with Crippen molar-refractivity contribution in [1.29, 1.82) is 0 Å². The number of para-hydroxylation sites is 1. The lowest BCUT2D eigenvalue weighted by Gasteiger charge is -2.19. The summed E-state index contributed by atoms with van der Waals surface area (Å²) in [6.07, 6.45) is 1.43. The quantitative estimate of drug-likeness (QED) is 0.738. The van der Waals surface area contributed by atoms with Crippen LogP contribution in [0.2, 0.25) is 0 Å². The smallest absolute Gasteiger partial charge is 0.323 e. The third kappa shape index (κ3) is 3.93. The van der Waals surface area contributed by atoms with Gasteiger partial charge in [-0.05, 0) is 6.07 Å². The van der Waals surface area contributed by atoms with E-state index < -0.39 is 5.97 Å². The Morgan fingerprint density at radius 2 is 2.00 bits per heavy atom. The SMILES string of the molecule is C=CCN(CC(=O)O)C(=O)Cc1ccccc1O. The van der Waals surface area contributed by atoms with Crippen molar-refractivity contribution in [3.05, 3.63) is 42.5 Å². The Balaban J connectivity index is 2.75. The number of carboxylic acid groups (broad SMARTS) is 1. The van der Waals surface area contributed by atoms with Gasteiger partial charge in [-0.2, -0.15) is 0 Å². The Labute approximate surface area is 105 Å². The molecule has 5 heteroatoms. The van der Waals surface area contributed by atoms with Crippen LogP contribution in [0, 0.1) is 0 Å². The van der Waals surface area contributed by atoms with E-state index in [0.717, 1.165) is 0 Å². The standard InChI is InChI=1S/C13H15NO4/c1-2-7-14(9-13(17)18)12(16)8-10-5-3-4-6-11(10)15/h2-6,15H,1,7-9H2,(H,17,18). The largest absolute Gasteiger partial charge is 0.508 e. The highest BCUT2D eigenvalue weighted by atomic mass is 16.4. The number of benzene rings is 1. The van der Waals surface area contributed by atoms with Crippen LogP contribution >= 0.6 is 0 Å². The molecule has 1 rings (SSSR count). The number of phenolic OH excluding ortho intramolecular Hbond substituents is 1. The number of hydrogen-bond donors (Lipinski definition) is 2. The highest BCUT2D eigenvalue weighted by Gasteiger charge is 2.16. The summed E-state index contributed by atoms with van der Waals surface area (Å²) < 4.78 is 0. The molecule has 96 valence electrons. The Morgan fingerprint density at radius 3 is 2.56 bits per heavy atom. The van der Waals surface area contributed by atoms with Gasteiger partial charge < -0.3 is 15.1 Å². The summed E-state index contributed by atoms with van der Waals surface area (Å²) in [4.78, 5) is 23.7. The minimum atomic E-state index is -1.08. The average Bonchev–Trinajstić information content (AvgIpc) is 2.31. The zero-order valence-electron chi connectivity index (χ0n) is 9.87. The second kappa shape index (κ2) is 6.44. The molecule has 0 spiro atoms. The van der Waals surface area contributed by atoms with Gasteiger partial charge in [0.25, 0.3) is 0 Å². The van der Waals surface area contributed by atoms with Crippen molar-refractivity contribution in [3.8, 4) is 5.75 Å². The third-order valence-corrected chi connectivity index (χ3v) is 2.36. The summed E-state index contributed by atoms with van der Waals surface area (Å²) in [5, 5.41) is 18.2. The number of nitrogens with zero attached hydrogens (tertiary/aromatic N) is 1. The zero-order chi connectivity index (χ0) is 13.5. The molecule has 0 fully saturated rings. The van der Waals surface area contributed by atoms with Gasteiger partial charge in [0.1, 0.15) is 12.3 Å². The van der Waals surface area contributed by atoms with E-state index in [-0.39, 0.29) is 31.2 Å². The van der Waals surface area contributed by atoms with E-state index in [4.69, 9.17) is 5.11 Å². The molecule has 0 aliphatic heterocycles. The maximum absolute atomic E-state index is 11.9. The van der Waals surface area contributed by atoms with Crippen LogP contribution in [0.1, 0.15) is 5.56 Å². The number of carbonyl (C=O) groups excluding carboxylic acids is 1. The van der Waals surface area contributed by atoms with Gasteiger partial charge in [-0.15, -0.1) is 6.58 Å². The molecule has 0 saturated carbocycles. The van der Waals surface area contributed by atoms with Gasteiger partial charge in [0.2, 0.25) is 5.91 Å². The van der Waals surface area contributed by atoms with Crippen molar-refractivity contribution >= 4 is 11.9 Å². The van der Waals surface area contributed by atoms with Crippen LogP contribution in [0.25, 0.3) is 0 Å². The summed E-state index contributed by atoms with van der Waals surface area (Å²) in [5.74, 6) is -1.42. The fourth-order valence-electron chi connectivity index (χ4n) is 1.51. The number of carboxylic acids is 1. The molecule has 1 aromatic carbocycles. The number of rotatable bonds is 6. The predicted octanol–water partition coefficient (Wildman–Crippen LogP) is 1.03. The van der Waals surface area contributed by atoms with Crippen molar-refractivity contribution in [2.75, 3.05) is 13.1 Å². The van der Waals surface area contributed by atoms with Crippen LogP contribution in [0.4, 0.5) is 0 Å². The minimum Gasteiger partial charge on any atom is -0.508 e. The van der Waals surface area contributed by atoms with Crippen LogP contribution in [-0.2, 0) is 16.0 Å². The topological polar surface area (TPSA) is 77.8 Å². The Hall–Kier alpha value is -2.30. The number of carbonyl (C=O) groups is 2. The molecule has 5 nitrogen and oxygen atoms in total. The second-order valence-electron chi connectivity index (χ2n) is 3.76. The molecule has 0 aromatic heterocycles. The Morgan fingerprint density at radius 1 is 1.33 bits per heavy atom. The monoisotopic (exact) mass is 249 g/mol. The number of aliphatic carboxylic acids is 1. The number of hydrogen-bond acceptors (Lipinski definition) is 3. The van der Waals surface area contributed by atoms with Crippen LogP contribution in [-0.4, -0.2) is 40.1 Å². The van der Waals surface area contributed by atoms with Gasteiger partial charge in [0.05, 0.1) is 6.42 Å². The summed E-state index contributed by atoms with van der Waals surface area (Å²) in [6, 6.07) is 6.47. The summed E-state index contributed by atoms with van der Waals surface area (Å²) >= 11 is 0. The van der Waals surface area contributed by atoms with Gasteiger partial charge in [0.15, 0.2) is 0 Å². The molecule has 0 bridgehead atoms. The molecular formula is C13H15NO4. The molecule has 1 aromatic rings. The predicted molar refractivity (Wildman–Crippen MR) is 66.2 cm³/mol. The third-order valence-electron chi connectivity index (χ3n) is 2.36. The molecule has 1 amide bonds. The lowest BCUT2D eigenvalue weighted by molar-refractivity contribution is -0.143. The first-order valence-corrected chi connectivity index (χ1v) is 5.42. The molecule has 2 N–H and O–H groups in total. The van der Waals surface area contributed by atoms with Gasteiger partial charge in [-0.1, -0.05) is 24.3 Å². The molecule has 0 atom stereocenters. The second-order valence-corrected chi connectivity index (χ2v) is 3.76. The lowest BCUT2D eigenvalue weighted by atomic mass is 10.1. The summed E-state index contributed by atoms with van der Waals surface area (Å²) in [5.41, 5.74) is 0.474. The van der Waals surface area contributed by atoms with Crippen molar-refractivity contribution in [3.63, 3.8) is 0 Å².